The molecule has 0 amide bonds. The lowest BCUT2D eigenvalue weighted by Gasteiger charge is -2.30. The summed E-state index contributed by atoms with van der Waals surface area (Å²) in [5, 5.41) is 3.52. The average molecular weight is 249 g/mol. The number of ether oxygens (including phenoxy) is 2. The van der Waals surface area contributed by atoms with Crippen LogP contribution >= 0.6 is 0 Å². The number of hydrogen-bond donors (Lipinski definition) is 1. The van der Waals surface area contributed by atoms with Crippen molar-refractivity contribution in [3.63, 3.8) is 0 Å². The normalized spacial score (nSPS) is 23.7. The molecule has 3 heteroatoms. The highest BCUT2D eigenvalue weighted by atomic mass is 16.5. The largest absolute Gasteiger partial charge is 0.497 e. The highest BCUT2D eigenvalue weighted by Gasteiger charge is 2.22. The molecule has 0 saturated heterocycles. The molecule has 1 aromatic carbocycles. The lowest BCUT2D eigenvalue weighted by Crippen LogP contribution is -2.37. The molecule has 3 nitrogen and oxygen atoms in total. The second kappa shape index (κ2) is 6.64. The first-order valence-corrected chi connectivity index (χ1v) is 6.86. The van der Waals surface area contributed by atoms with E-state index in [1.807, 2.05) is 24.3 Å². The first kappa shape index (κ1) is 13.2. The Labute approximate surface area is 109 Å². The van der Waals surface area contributed by atoms with Gasteiger partial charge in [0.05, 0.1) is 7.11 Å². The van der Waals surface area contributed by atoms with Crippen molar-refractivity contribution in [2.75, 3.05) is 13.7 Å². The van der Waals surface area contributed by atoms with Crippen LogP contribution in [0.1, 0.15) is 32.6 Å². The zero-order chi connectivity index (χ0) is 12.8. The van der Waals surface area contributed by atoms with Crippen LogP contribution in [0.2, 0.25) is 0 Å². The van der Waals surface area contributed by atoms with Crippen molar-refractivity contribution in [2.24, 2.45) is 0 Å². The van der Waals surface area contributed by atoms with Gasteiger partial charge in [0, 0.05) is 12.1 Å². The number of rotatable bonds is 5. The molecule has 100 valence electrons. The summed E-state index contributed by atoms with van der Waals surface area (Å²) in [4.78, 5) is 0. The Hall–Kier alpha value is -1.22. The van der Waals surface area contributed by atoms with Crippen LogP contribution in [0.3, 0.4) is 0 Å². The monoisotopic (exact) mass is 249 g/mol. The van der Waals surface area contributed by atoms with Gasteiger partial charge in [0.25, 0.3) is 0 Å². The van der Waals surface area contributed by atoms with Crippen LogP contribution in [0.15, 0.2) is 24.3 Å². The van der Waals surface area contributed by atoms with Crippen LogP contribution in [-0.2, 0) is 0 Å². The molecule has 2 atom stereocenters. The van der Waals surface area contributed by atoms with Crippen LogP contribution in [0.25, 0.3) is 0 Å². The molecule has 0 spiro atoms. The first-order valence-electron chi connectivity index (χ1n) is 6.86. The van der Waals surface area contributed by atoms with Crippen molar-refractivity contribution in [1.29, 1.82) is 0 Å². The fourth-order valence-corrected chi connectivity index (χ4v) is 2.59. The molecule has 1 fully saturated rings. The fraction of sp³-hybridized carbons (Fsp3) is 0.600. The summed E-state index contributed by atoms with van der Waals surface area (Å²) in [6.45, 7) is 3.20. The van der Waals surface area contributed by atoms with Crippen molar-refractivity contribution in [1.82, 2.24) is 5.32 Å². The Balaban J connectivity index is 1.91. The second-order valence-electron chi connectivity index (χ2n) is 4.84. The maximum Gasteiger partial charge on any atom is 0.123 e. The highest BCUT2D eigenvalue weighted by molar-refractivity contribution is 5.33. The van der Waals surface area contributed by atoms with Crippen LogP contribution in [0, 0.1) is 0 Å². The minimum atomic E-state index is 0.329. The van der Waals surface area contributed by atoms with Gasteiger partial charge in [-0.25, -0.2) is 0 Å². The van der Waals surface area contributed by atoms with Gasteiger partial charge in [-0.05, 0) is 44.4 Å². The Morgan fingerprint density at radius 3 is 2.89 bits per heavy atom. The van der Waals surface area contributed by atoms with E-state index in [9.17, 15) is 0 Å². The number of benzene rings is 1. The first-order chi connectivity index (χ1) is 8.81. The summed E-state index contributed by atoms with van der Waals surface area (Å²) in [5.74, 6) is 1.77. The molecule has 1 aromatic rings. The van der Waals surface area contributed by atoms with Gasteiger partial charge in [-0.3, -0.25) is 0 Å². The third-order valence-electron chi connectivity index (χ3n) is 3.46. The van der Waals surface area contributed by atoms with Gasteiger partial charge < -0.3 is 14.8 Å². The van der Waals surface area contributed by atoms with Crippen molar-refractivity contribution < 1.29 is 9.47 Å². The average Bonchev–Trinajstić information content (AvgIpc) is 2.40. The van der Waals surface area contributed by atoms with E-state index < -0.39 is 0 Å². The van der Waals surface area contributed by atoms with E-state index in [4.69, 9.17) is 9.47 Å². The molecular formula is C15H23NO2. The molecule has 0 bridgehead atoms. The highest BCUT2D eigenvalue weighted by Crippen LogP contribution is 2.26. The molecule has 2 rings (SSSR count). The SMILES string of the molecule is CCNC1CCCC(Oc2cccc(OC)c2)C1. The predicted molar refractivity (Wildman–Crippen MR) is 73.3 cm³/mol. The van der Waals surface area contributed by atoms with E-state index in [1.165, 1.54) is 12.8 Å². The van der Waals surface area contributed by atoms with Crippen LogP contribution in [0.5, 0.6) is 11.5 Å². The molecule has 18 heavy (non-hydrogen) atoms. The van der Waals surface area contributed by atoms with Gasteiger partial charge in [0.15, 0.2) is 0 Å². The zero-order valence-corrected chi connectivity index (χ0v) is 11.3. The smallest absolute Gasteiger partial charge is 0.123 e. The van der Waals surface area contributed by atoms with E-state index >= 15 is 0 Å². The second-order valence-corrected chi connectivity index (χ2v) is 4.84. The summed E-state index contributed by atoms with van der Waals surface area (Å²) < 4.78 is 11.3. The summed E-state index contributed by atoms with van der Waals surface area (Å²) in [6, 6.07) is 8.48. The van der Waals surface area contributed by atoms with E-state index in [-0.39, 0.29) is 0 Å². The minimum absolute atomic E-state index is 0.329. The molecule has 1 N–H and O–H groups in total. The fourth-order valence-electron chi connectivity index (χ4n) is 2.59. The lowest BCUT2D eigenvalue weighted by atomic mass is 9.93. The molecule has 1 aliphatic carbocycles. The standard InChI is InChI=1S/C15H23NO2/c1-3-16-12-6-4-8-14(10-12)18-15-9-5-7-13(11-15)17-2/h5,7,9,11-12,14,16H,3-4,6,8,10H2,1-2H3. The molecule has 1 saturated carbocycles. The Kier molecular flexibility index (Phi) is 4.88. The van der Waals surface area contributed by atoms with E-state index in [2.05, 4.69) is 12.2 Å². The summed E-state index contributed by atoms with van der Waals surface area (Å²) in [6.07, 6.45) is 5.09. The van der Waals surface area contributed by atoms with Gasteiger partial charge in [0.2, 0.25) is 0 Å². The van der Waals surface area contributed by atoms with E-state index in [0.29, 0.717) is 12.1 Å². The van der Waals surface area contributed by atoms with Crippen LogP contribution < -0.4 is 14.8 Å². The molecule has 1 aliphatic rings. The molecule has 0 heterocycles. The molecule has 2 unspecified atom stereocenters. The summed E-state index contributed by atoms with van der Waals surface area (Å²) >= 11 is 0. The minimum Gasteiger partial charge on any atom is -0.497 e. The number of hydrogen-bond acceptors (Lipinski definition) is 3. The number of nitrogens with one attached hydrogen (secondary N) is 1. The summed E-state index contributed by atoms with van der Waals surface area (Å²) in [7, 11) is 1.68. The van der Waals surface area contributed by atoms with Gasteiger partial charge in [-0.15, -0.1) is 0 Å². The maximum absolute atomic E-state index is 6.05. The van der Waals surface area contributed by atoms with Crippen molar-refractivity contribution in [3.8, 4) is 11.5 Å². The van der Waals surface area contributed by atoms with Gasteiger partial charge in [-0.2, -0.15) is 0 Å². The molecular weight excluding hydrogens is 226 g/mol. The van der Waals surface area contributed by atoms with E-state index in [1.54, 1.807) is 7.11 Å². The summed E-state index contributed by atoms with van der Waals surface area (Å²) in [5.41, 5.74) is 0. The quantitative estimate of drug-likeness (QED) is 0.870. The third kappa shape index (κ3) is 3.64. The number of methoxy groups -OCH3 is 1. The third-order valence-corrected chi connectivity index (χ3v) is 3.46. The topological polar surface area (TPSA) is 30.5 Å². The maximum atomic E-state index is 6.05. The molecule has 0 aliphatic heterocycles. The predicted octanol–water partition coefficient (Wildman–Crippen LogP) is 2.99. The zero-order valence-electron chi connectivity index (χ0n) is 11.3. The van der Waals surface area contributed by atoms with Gasteiger partial charge >= 0.3 is 0 Å². The van der Waals surface area contributed by atoms with Crippen LogP contribution in [-0.4, -0.2) is 25.8 Å². The van der Waals surface area contributed by atoms with Gasteiger partial charge in [0.1, 0.15) is 17.6 Å². The Bertz CT molecular complexity index is 365. The van der Waals surface area contributed by atoms with Crippen molar-refractivity contribution in [3.05, 3.63) is 24.3 Å². The lowest BCUT2D eigenvalue weighted by molar-refractivity contribution is 0.135. The molecule has 0 aromatic heterocycles. The van der Waals surface area contributed by atoms with Gasteiger partial charge in [-0.1, -0.05) is 13.0 Å². The Morgan fingerprint density at radius 2 is 2.11 bits per heavy atom. The Morgan fingerprint density at radius 1 is 1.28 bits per heavy atom. The van der Waals surface area contributed by atoms with Crippen LogP contribution in [0.4, 0.5) is 0 Å². The van der Waals surface area contributed by atoms with E-state index in [0.717, 1.165) is 30.9 Å². The molecule has 0 radical (unpaired) electrons. The van der Waals surface area contributed by atoms with Crippen molar-refractivity contribution >= 4 is 0 Å². The van der Waals surface area contributed by atoms with Crippen molar-refractivity contribution in [2.45, 2.75) is 44.8 Å².